The molecule has 0 amide bonds. The Bertz CT molecular complexity index is 338. The largest absolute Gasteiger partial charge is 0.335 e. The van der Waals surface area contributed by atoms with Crippen molar-refractivity contribution in [2.24, 2.45) is 0 Å². The lowest BCUT2D eigenvalue weighted by Crippen LogP contribution is -2.14. The molecule has 0 aromatic carbocycles. The van der Waals surface area contributed by atoms with Crippen LogP contribution in [0.1, 0.15) is 44.4 Å². The smallest absolute Gasteiger partial charge is 0.250 e. The van der Waals surface area contributed by atoms with Gasteiger partial charge >= 0.3 is 0 Å². The standard InChI is InChI=1S/C10H15N3O.ClH/c1-7(2)6-9-12-10(13-14-9)8-4-3-5-11-8;/h6,8,11H,3-5H2,1-2H3;1H. The quantitative estimate of drug-likeness (QED) is 0.846. The molecule has 84 valence electrons. The highest BCUT2D eigenvalue weighted by molar-refractivity contribution is 5.85. The topological polar surface area (TPSA) is 51.0 Å². The average Bonchev–Trinajstić information content (AvgIpc) is 2.69. The van der Waals surface area contributed by atoms with Crippen LogP contribution >= 0.6 is 12.4 Å². The van der Waals surface area contributed by atoms with Crippen LogP contribution < -0.4 is 5.32 Å². The molecule has 1 unspecified atom stereocenters. The molecular formula is C10H16ClN3O. The summed E-state index contributed by atoms with van der Waals surface area (Å²) in [5, 5.41) is 7.29. The van der Waals surface area contributed by atoms with Crippen LogP contribution in [0.2, 0.25) is 0 Å². The average molecular weight is 230 g/mol. The number of hydrogen-bond acceptors (Lipinski definition) is 4. The number of rotatable bonds is 2. The molecular weight excluding hydrogens is 214 g/mol. The van der Waals surface area contributed by atoms with Gasteiger partial charge in [-0.25, -0.2) is 0 Å². The lowest BCUT2D eigenvalue weighted by molar-refractivity contribution is 0.394. The van der Waals surface area contributed by atoms with Crippen molar-refractivity contribution in [2.75, 3.05) is 6.54 Å². The molecule has 1 aromatic rings. The molecule has 2 rings (SSSR count). The van der Waals surface area contributed by atoms with Gasteiger partial charge in [0.15, 0.2) is 5.82 Å². The first-order valence-corrected chi connectivity index (χ1v) is 4.97. The van der Waals surface area contributed by atoms with E-state index in [1.807, 2.05) is 19.9 Å². The first-order chi connectivity index (χ1) is 6.75. The Morgan fingerprint density at radius 2 is 2.33 bits per heavy atom. The van der Waals surface area contributed by atoms with Gasteiger partial charge in [0, 0.05) is 6.08 Å². The van der Waals surface area contributed by atoms with Crippen LogP contribution in [0.15, 0.2) is 10.1 Å². The van der Waals surface area contributed by atoms with E-state index in [4.69, 9.17) is 4.52 Å². The van der Waals surface area contributed by atoms with Crippen LogP contribution in [0.3, 0.4) is 0 Å². The fourth-order valence-corrected chi connectivity index (χ4v) is 1.60. The Morgan fingerprint density at radius 1 is 1.53 bits per heavy atom. The van der Waals surface area contributed by atoms with E-state index in [0.717, 1.165) is 18.8 Å². The molecule has 2 heterocycles. The molecule has 0 saturated carbocycles. The van der Waals surface area contributed by atoms with Crippen molar-refractivity contribution in [3.63, 3.8) is 0 Å². The third kappa shape index (κ3) is 3.04. The van der Waals surface area contributed by atoms with Crippen molar-refractivity contribution in [1.82, 2.24) is 15.5 Å². The molecule has 1 saturated heterocycles. The van der Waals surface area contributed by atoms with Gasteiger partial charge in [0.25, 0.3) is 5.89 Å². The van der Waals surface area contributed by atoms with Gasteiger partial charge < -0.3 is 9.84 Å². The summed E-state index contributed by atoms with van der Waals surface area (Å²) in [6.07, 6.45) is 4.19. The highest BCUT2D eigenvalue weighted by Gasteiger charge is 2.20. The van der Waals surface area contributed by atoms with Gasteiger partial charge in [-0.05, 0) is 33.2 Å². The summed E-state index contributed by atoms with van der Waals surface area (Å²) in [5.74, 6) is 1.39. The minimum absolute atomic E-state index is 0. The zero-order valence-corrected chi connectivity index (χ0v) is 9.80. The second-order valence-electron chi connectivity index (χ2n) is 3.86. The van der Waals surface area contributed by atoms with Gasteiger partial charge in [0.05, 0.1) is 6.04 Å². The minimum atomic E-state index is 0. The van der Waals surface area contributed by atoms with Crippen LogP contribution in [-0.4, -0.2) is 16.7 Å². The molecule has 1 fully saturated rings. The molecule has 1 aliphatic rings. The predicted octanol–water partition coefficient (Wildman–Crippen LogP) is 2.34. The normalized spacial score (nSPS) is 19.7. The van der Waals surface area contributed by atoms with E-state index in [2.05, 4.69) is 15.5 Å². The zero-order chi connectivity index (χ0) is 9.97. The fourth-order valence-electron chi connectivity index (χ4n) is 1.60. The van der Waals surface area contributed by atoms with Gasteiger partial charge in [0.1, 0.15) is 0 Å². The van der Waals surface area contributed by atoms with Gasteiger partial charge in [0.2, 0.25) is 0 Å². The van der Waals surface area contributed by atoms with Crippen molar-refractivity contribution >= 4 is 18.5 Å². The molecule has 1 aromatic heterocycles. The first-order valence-electron chi connectivity index (χ1n) is 4.97. The van der Waals surface area contributed by atoms with Crippen molar-refractivity contribution in [3.8, 4) is 0 Å². The third-order valence-electron chi connectivity index (χ3n) is 2.24. The van der Waals surface area contributed by atoms with E-state index in [-0.39, 0.29) is 18.4 Å². The lowest BCUT2D eigenvalue weighted by atomic mass is 10.2. The van der Waals surface area contributed by atoms with E-state index in [1.54, 1.807) is 0 Å². The molecule has 0 radical (unpaired) electrons. The van der Waals surface area contributed by atoms with Crippen molar-refractivity contribution in [2.45, 2.75) is 32.7 Å². The Labute approximate surface area is 95.5 Å². The van der Waals surface area contributed by atoms with Gasteiger partial charge in [-0.15, -0.1) is 12.4 Å². The van der Waals surface area contributed by atoms with Gasteiger partial charge in [-0.1, -0.05) is 10.7 Å². The van der Waals surface area contributed by atoms with Crippen molar-refractivity contribution < 1.29 is 4.52 Å². The van der Waals surface area contributed by atoms with E-state index in [1.165, 1.54) is 12.0 Å². The van der Waals surface area contributed by atoms with E-state index in [9.17, 15) is 0 Å². The van der Waals surface area contributed by atoms with Crippen LogP contribution in [-0.2, 0) is 0 Å². The number of aromatic nitrogens is 2. The van der Waals surface area contributed by atoms with Crippen molar-refractivity contribution in [3.05, 3.63) is 17.3 Å². The van der Waals surface area contributed by atoms with E-state index < -0.39 is 0 Å². The van der Waals surface area contributed by atoms with Crippen molar-refractivity contribution in [1.29, 1.82) is 0 Å². The molecule has 1 N–H and O–H groups in total. The monoisotopic (exact) mass is 229 g/mol. The van der Waals surface area contributed by atoms with E-state index in [0.29, 0.717) is 5.89 Å². The zero-order valence-electron chi connectivity index (χ0n) is 8.99. The maximum absolute atomic E-state index is 5.11. The van der Waals surface area contributed by atoms with Crippen LogP contribution in [0.5, 0.6) is 0 Å². The second kappa shape index (κ2) is 5.28. The highest BCUT2D eigenvalue weighted by Crippen LogP contribution is 2.20. The summed E-state index contributed by atoms with van der Waals surface area (Å²) in [6.45, 7) is 5.08. The lowest BCUT2D eigenvalue weighted by Gasteiger charge is -2.01. The number of nitrogens with zero attached hydrogens (tertiary/aromatic N) is 2. The molecule has 1 aliphatic heterocycles. The summed E-state index contributed by atoms with van der Waals surface area (Å²) in [6, 6.07) is 0.290. The molecule has 15 heavy (non-hydrogen) atoms. The Kier molecular flexibility index (Phi) is 4.29. The van der Waals surface area contributed by atoms with E-state index >= 15 is 0 Å². The fraction of sp³-hybridized carbons (Fsp3) is 0.600. The molecule has 1 atom stereocenters. The maximum atomic E-state index is 5.11. The summed E-state index contributed by atoms with van der Waals surface area (Å²) in [7, 11) is 0. The summed E-state index contributed by atoms with van der Waals surface area (Å²) < 4.78 is 5.11. The van der Waals surface area contributed by atoms with Crippen LogP contribution in [0.4, 0.5) is 0 Å². The Morgan fingerprint density at radius 3 is 2.93 bits per heavy atom. The highest BCUT2D eigenvalue weighted by atomic mass is 35.5. The maximum Gasteiger partial charge on any atom is 0.250 e. The predicted molar refractivity (Wildman–Crippen MR) is 60.8 cm³/mol. The molecule has 0 bridgehead atoms. The number of nitrogens with one attached hydrogen (secondary N) is 1. The summed E-state index contributed by atoms with van der Waals surface area (Å²) >= 11 is 0. The molecule has 4 nitrogen and oxygen atoms in total. The van der Waals surface area contributed by atoms with Crippen LogP contribution in [0, 0.1) is 0 Å². The Hall–Kier alpha value is -0.870. The number of halogens is 1. The summed E-state index contributed by atoms with van der Waals surface area (Å²) in [4.78, 5) is 4.32. The first kappa shape index (κ1) is 12.2. The molecule has 0 spiro atoms. The number of hydrogen-bond donors (Lipinski definition) is 1. The SMILES string of the molecule is CC(C)=Cc1nc(C2CCCN2)no1.Cl. The van der Waals surface area contributed by atoms with Crippen LogP contribution in [0.25, 0.3) is 6.08 Å². The third-order valence-corrected chi connectivity index (χ3v) is 2.24. The minimum Gasteiger partial charge on any atom is -0.335 e. The molecule has 0 aliphatic carbocycles. The van der Waals surface area contributed by atoms with Gasteiger partial charge in [-0.3, -0.25) is 0 Å². The molecule has 5 heteroatoms. The second-order valence-corrected chi connectivity index (χ2v) is 3.86. The summed E-state index contributed by atoms with van der Waals surface area (Å²) in [5.41, 5.74) is 1.17. The van der Waals surface area contributed by atoms with Gasteiger partial charge in [-0.2, -0.15) is 4.98 Å². The number of allylic oxidation sites excluding steroid dienone is 1. The Balaban J connectivity index is 0.00000112.